The van der Waals surface area contributed by atoms with Gasteiger partial charge >= 0.3 is 327 Å². The van der Waals surface area contributed by atoms with Crippen LogP contribution in [-0.2, 0) is 28.2 Å². The summed E-state index contributed by atoms with van der Waals surface area (Å²) < 4.78 is 1.31. The second-order valence-corrected chi connectivity index (χ2v) is 54.8. The maximum atomic E-state index is 2.95. The molecule has 0 saturated carbocycles. The fraction of sp³-hybridized carbons (Fsp3) is 0.538. The van der Waals surface area contributed by atoms with Gasteiger partial charge in [-0.15, -0.1) is 0 Å². The number of benzene rings is 4. The average Bonchev–Trinajstić information content (AvgIpc) is 4.06. The fourth-order valence-corrected chi connectivity index (χ4v) is 123. The van der Waals surface area contributed by atoms with Crippen LogP contribution in [0.4, 0.5) is 0 Å². The molecule has 14 rings (SSSR count). The van der Waals surface area contributed by atoms with E-state index in [0.717, 1.165) is 5.66 Å². The topological polar surface area (TPSA) is 0 Å². The zero-order valence-electron chi connectivity index (χ0n) is 35.7. The Labute approximate surface area is 325 Å². The van der Waals surface area contributed by atoms with E-state index in [4.69, 9.17) is 0 Å². The van der Waals surface area contributed by atoms with E-state index >= 15 is 0 Å². The van der Waals surface area contributed by atoms with E-state index in [2.05, 4.69) is 187 Å². The second-order valence-electron chi connectivity index (χ2n) is 26.2. The molecule has 290 valence electrons. The van der Waals surface area contributed by atoms with Gasteiger partial charge in [-0.2, -0.15) is 0 Å². The summed E-state index contributed by atoms with van der Waals surface area (Å²) in [4.78, 5) is 9.83. The first-order valence-electron chi connectivity index (χ1n) is 21.7. The van der Waals surface area contributed by atoms with Gasteiger partial charge in [-0.25, -0.2) is 0 Å². The third-order valence-corrected chi connectivity index (χ3v) is 77.4. The molecule has 10 fully saturated rings. The summed E-state index contributed by atoms with van der Waals surface area (Å²) in [6.07, 6.45) is 0. The zero-order chi connectivity index (χ0) is 38.6. The van der Waals surface area contributed by atoms with Crippen molar-refractivity contribution in [2.24, 2.45) is 0 Å². The van der Waals surface area contributed by atoms with Crippen molar-refractivity contribution >= 4 is 37.1 Å². The van der Waals surface area contributed by atoms with Crippen molar-refractivity contribution in [1.29, 1.82) is 0 Å². The van der Waals surface area contributed by atoms with Gasteiger partial charge in [0.2, 0.25) is 0 Å². The standard InChI is InChI=1S/C47H59P2.C5H5.Fe/c1-33(36-27-20-30-39(36)49(34-23-16-14-17-24-34)35-25-18-15-19-26-35)48(40-31-21-28-37(44(2,3)4)42(40)46(8,9)10)41-32-22-29-38(45(5,6)7)43(41)47(11,12)13;1-2-4-5-3-1;/h14-33H,1-13H3;1-5H;. The van der Waals surface area contributed by atoms with Crippen LogP contribution in [0.2, 0.25) is 42.8 Å². The van der Waals surface area contributed by atoms with Gasteiger partial charge in [0.15, 0.2) is 0 Å². The van der Waals surface area contributed by atoms with E-state index in [-0.39, 0.29) is 21.7 Å². The summed E-state index contributed by atoms with van der Waals surface area (Å²) in [5.41, 5.74) is 7.50. The molecule has 0 radical (unpaired) electrons. The van der Waals surface area contributed by atoms with E-state index in [1.807, 2.05) is 0 Å². The first-order chi connectivity index (χ1) is 25.5. The molecule has 1 spiro atoms. The molecule has 10 heterocycles. The normalized spacial score (nSPS) is 48.3. The SMILES string of the molecule is CC(P(c1cccc(C(C)(C)C)c1C(C)(C)C)c1cccc(C(C)(C)C)c1C(C)(C)C)[C@@]12[CH]3[CH]4[CH]5[C]1(P(c1ccccc1)c1ccccc1)[Fe]45321678[CH]2[CH]1[CH]6[CH]7[CH]28. The summed E-state index contributed by atoms with van der Waals surface area (Å²) >= 11 is 0. The van der Waals surface area contributed by atoms with Crippen LogP contribution in [0.5, 0.6) is 0 Å². The Bertz CT molecular complexity index is 2680. The van der Waals surface area contributed by atoms with Crippen molar-refractivity contribution in [2.45, 2.75) is 164 Å². The van der Waals surface area contributed by atoms with Crippen molar-refractivity contribution < 1.29 is 6.51 Å². The first kappa shape index (κ1) is 33.1. The molecular weight excluding hydrogens is 742 g/mol. The van der Waals surface area contributed by atoms with Crippen LogP contribution in [-0.4, -0.2) is 9.71 Å². The number of rotatable bonds is 7. The number of fused-ring (bicyclic) bond motifs is 10. The molecule has 55 heavy (non-hydrogen) atoms. The monoisotopic (exact) mass is 806 g/mol. The van der Waals surface area contributed by atoms with Gasteiger partial charge in [-0.3, -0.25) is 0 Å². The van der Waals surface area contributed by atoms with Gasteiger partial charge in [0.25, 0.3) is 0 Å². The second kappa shape index (κ2) is 5.92. The molecule has 5 unspecified atom stereocenters. The van der Waals surface area contributed by atoms with Crippen molar-refractivity contribution in [3.05, 3.63) is 119 Å². The molecule has 0 aliphatic carbocycles. The molecule has 4 aromatic carbocycles. The number of hydrogen-bond donors (Lipinski definition) is 0. The molecule has 3 heteroatoms. The van der Waals surface area contributed by atoms with Crippen molar-refractivity contribution in [3.8, 4) is 0 Å². The Balaban J connectivity index is 1.09. The van der Waals surface area contributed by atoms with E-state index in [1.165, 1.54) is 38.5 Å². The Morgan fingerprint density at radius 1 is 0.473 bits per heavy atom. The fourth-order valence-electron chi connectivity index (χ4n) is 25.2. The quantitative estimate of drug-likeness (QED) is 0.129. The molecule has 0 N–H and O–H groups in total. The summed E-state index contributed by atoms with van der Waals surface area (Å²) in [5, 5.41) is 6.94. The molecule has 0 bridgehead atoms. The number of hydrogen-bond acceptors (Lipinski definition) is 0. The zero-order valence-corrected chi connectivity index (χ0v) is 38.6. The maximum absolute atomic E-state index is 4.11. The predicted molar refractivity (Wildman–Crippen MR) is 238 cm³/mol. The Morgan fingerprint density at radius 2 is 0.873 bits per heavy atom. The van der Waals surface area contributed by atoms with Gasteiger partial charge in [-0.05, 0) is 0 Å². The molecule has 0 aromatic heterocycles. The van der Waals surface area contributed by atoms with E-state index in [1.54, 1.807) is 43.5 Å². The summed E-state index contributed by atoms with van der Waals surface area (Å²) in [6, 6.07) is 39.9. The third-order valence-electron chi connectivity index (χ3n) is 24.0. The molecule has 10 saturated heterocycles. The third kappa shape index (κ3) is 1.25. The minimum absolute atomic E-state index is 0.0521. The molecule has 0 nitrogen and oxygen atoms in total. The molecule has 10 aliphatic rings. The molecular formula is C52H64FeP2. The van der Waals surface area contributed by atoms with Gasteiger partial charge in [-0.1, -0.05) is 0 Å². The van der Waals surface area contributed by atoms with Gasteiger partial charge in [0.1, 0.15) is 0 Å². The molecule has 4 aromatic rings. The Morgan fingerprint density at radius 3 is 1.20 bits per heavy atom. The summed E-state index contributed by atoms with van der Waals surface area (Å²) in [5.74, 6) is 0. The predicted octanol–water partition coefficient (Wildman–Crippen LogP) is 13.5. The molecule has 0 amide bonds. The van der Waals surface area contributed by atoms with Crippen LogP contribution >= 0.6 is 15.8 Å². The minimum atomic E-state index is -4.11. The van der Waals surface area contributed by atoms with Gasteiger partial charge in [0.05, 0.1) is 0 Å². The van der Waals surface area contributed by atoms with Crippen LogP contribution in [0.15, 0.2) is 97.1 Å². The molecule has 6 atom stereocenters. The van der Waals surface area contributed by atoms with Crippen LogP contribution in [0.1, 0.15) is 112 Å². The van der Waals surface area contributed by atoms with Crippen LogP contribution in [0, 0.1) is 0 Å². The first-order valence-corrected chi connectivity index (χ1v) is 30.7. The van der Waals surface area contributed by atoms with Crippen molar-refractivity contribution in [1.82, 2.24) is 0 Å². The van der Waals surface area contributed by atoms with E-state index < -0.39 is 22.4 Å². The van der Waals surface area contributed by atoms with Gasteiger partial charge < -0.3 is 0 Å². The van der Waals surface area contributed by atoms with E-state index in [0.29, 0.717) is 8.37 Å². The average molecular weight is 807 g/mol. The summed E-state index contributed by atoms with van der Waals surface area (Å²) in [7, 11) is -1.08. The van der Waals surface area contributed by atoms with Crippen molar-refractivity contribution in [3.63, 3.8) is 0 Å². The summed E-state index contributed by atoms with van der Waals surface area (Å²) in [6.45, 7) is 28.9. The van der Waals surface area contributed by atoms with Crippen LogP contribution < -0.4 is 21.2 Å². The molecule has 10 aliphatic heterocycles. The Kier molecular flexibility index (Phi) is 3.57. The van der Waals surface area contributed by atoms with Gasteiger partial charge in [0, 0.05) is 0 Å². The van der Waals surface area contributed by atoms with E-state index in [9.17, 15) is 0 Å². The van der Waals surface area contributed by atoms with Crippen LogP contribution in [0.25, 0.3) is 0 Å². The van der Waals surface area contributed by atoms with Crippen molar-refractivity contribution in [2.75, 3.05) is 0 Å². The van der Waals surface area contributed by atoms with Crippen LogP contribution in [0.3, 0.4) is 0 Å². The Hall–Kier alpha value is -1.74.